The molecule has 4 heteroatoms. The summed E-state index contributed by atoms with van der Waals surface area (Å²) < 4.78 is 17.2. The van der Waals surface area contributed by atoms with Crippen molar-refractivity contribution in [2.24, 2.45) is 0 Å². The molecule has 1 unspecified atom stereocenters. The van der Waals surface area contributed by atoms with E-state index in [1.54, 1.807) is 12.5 Å². The molecule has 0 bridgehead atoms. The van der Waals surface area contributed by atoms with Crippen molar-refractivity contribution in [1.29, 1.82) is 0 Å². The van der Waals surface area contributed by atoms with E-state index in [-0.39, 0.29) is 0 Å². The highest BCUT2D eigenvalue weighted by atomic mass is 32.2. The molecular formula is C16H17NO2S. The minimum absolute atomic E-state index is 0.798. The van der Waals surface area contributed by atoms with E-state index in [1.807, 2.05) is 72.7 Å². The standard InChI is InChI=1S/C16H17NO2S/c1-17(14-8-10-15(19-2)11-9-14)12-13-20(18)16-6-4-3-5-7-16/h3-13H,1-2H3/b13-12+. The van der Waals surface area contributed by atoms with Crippen LogP contribution in [0.2, 0.25) is 0 Å². The van der Waals surface area contributed by atoms with Crippen molar-refractivity contribution in [3.8, 4) is 5.75 Å². The monoisotopic (exact) mass is 287 g/mol. The van der Waals surface area contributed by atoms with E-state index in [9.17, 15) is 4.21 Å². The van der Waals surface area contributed by atoms with Gasteiger partial charge in [-0.25, -0.2) is 4.21 Å². The molecule has 2 aromatic rings. The van der Waals surface area contributed by atoms with Crippen LogP contribution in [0.15, 0.2) is 71.1 Å². The van der Waals surface area contributed by atoms with Crippen molar-refractivity contribution in [3.63, 3.8) is 0 Å². The maximum atomic E-state index is 12.1. The highest BCUT2D eigenvalue weighted by Gasteiger charge is 2.00. The van der Waals surface area contributed by atoms with Gasteiger partial charge in [-0.3, -0.25) is 0 Å². The number of anilines is 1. The van der Waals surface area contributed by atoms with Gasteiger partial charge in [0.2, 0.25) is 0 Å². The maximum Gasteiger partial charge on any atom is 0.119 e. The molecule has 0 fully saturated rings. The Balaban J connectivity index is 2.04. The van der Waals surface area contributed by atoms with Gasteiger partial charge in [-0.15, -0.1) is 0 Å². The number of ether oxygens (including phenoxy) is 1. The first-order chi connectivity index (χ1) is 9.70. The molecule has 0 saturated carbocycles. The predicted molar refractivity (Wildman–Crippen MR) is 83.4 cm³/mol. The van der Waals surface area contributed by atoms with Crippen molar-refractivity contribution in [2.45, 2.75) is 4.90 Å². The van der Waals surface area contributed by atoms with Crippen LogP contribution < -0.4 is 9.64 Å². The number of nitrogens with zero attached hydrogens (tertiary/aromatic N) is 1. The second-order valence-electron chi connectivity index (χ2n) is 4.20. The van der Waals surface area contributed by atoms with Gasteiger partial charge in [-0.05, 0) is 36.4 Å². The minimum atomic E-state index is -1.13. The van der Waals surface area contributed by atoms with Crippen LogP contribution in [0.4, 0.5) is 5.69 Å². The van der Waals surface area contributed by atoms with Gasteiger partial charge in [0.25, 0.3) is 0 Å². The molecule has 0 N–H and O–H groups in total. The highest BCUT2D eigenvalue weighted by molar-refractivity contribution is 7.88. The normalized spacial score (nSPS) is 12.3. The van der Waals surface area contributed by atoms with Gasteiger partial charge in [0, 0.05) is 29.2 Å². The van der Waals surface area contributed by atoms with Gasteiger partial charge in [-0.1, -0.05) is 18.2 Å². The van der Waals surface area contributed by atoms with Crippen LogP contribution in [0, 0.1) is 0 Å². The minimum Gasteiger partial charge on any atom is -0.497 e. The van der Waals surface area contributed by atoms with Gasteiger partial charge in [0.15, 0.2) is 0 Å². The average Bonchev–Trinajstić information content (AvgIpc) is 2.53. The molecule has 3 nitrogen and oxygen atoms in total. The number of hydrogen-bond acceptors (Lipinski definition) is 3. The molecule has 0 saturated heterocycles. The van der Waals surface area contributed by atoms with Crippen molar-refractivity contribution in [1.82, 2.24) is 0 Å². The largest absolute Gasteiger partial charge is 0.497 e. The van der Waals surface area contributed by atoms with Crippen LogP contribution in [0.1, 0.15) is 0 Å². The fourth-order valence-electron chi connectivity index (χ4n) is 1.68. The molecule has 0 amide bonds. The van der Waals surface area contributed by atoms with E-state index < -0.39 is 10.8 Å². The quantitative estimate of drug-likeness (QED) is 0.844. The van der Waals surface area contributed by atoms with Crippen molar-refractivity contribution < 1.29 is 8.95 Å². The molecule has 0 spiro atoms. The van der Waals surface area contributed by atoms with E-state index in [0.29, 0.717) is 0 Å². The Morgan fingerprint density at radius 1 is 1.05 bits per heavy atom. The zero-order chi connectivity index (χ0) is 14.4. The van der Waals surface area contributed by atoms with Crippen molar-refractivity contribution in [3.05, 3.63) is 66.2 Å². The van der Waals surface area contributed by atoms with Gasteiger partial charge < -0.3 is 9.64 Å². The van der Waals surface area contributed by atoms with Crippen molar-refractivity contribution >= 4 is 16.5 Å². The van der Waals surface area contributed by atoms with Crippen LogP contribution in [0.5, 0.6) is 5.75 Å². The number of hydrogen-bond donors (Lipinski definition) is 0. The van der Waals surface area contributed by atoms with E-state index >= 15 is 0 Å². The Morgan fingerprint density at radius 3 is 2.30 bits per heavy atom. The molecule has 104 valence electrons. The summed E-state index contributed by atoms with van der Waals surface area (Å²) in [4.78, 5) is 2.71. The lowest BCUT2D eigenvalue weighted by atomic mass is 10.3. The van der Waals surface area contributed by atoms with Crippen LogP contribution in [-0.2, 0) is 10.8 Å². The highest BCUT2D eigenvalue weighted by Crippen LogP contribution is 2.18. The van der Waals surface area contributed by atoms with Gasteiger partial charge in [0.05, 0.1) is 17.9 Å². The molecule has 0 radical (unpaired) electrons. The molecule has 0 heterocycles. The Kier molecular flexibility index (Phi) is 4.96. The smallest absolute Gasteiger partial charge is 0.119 e. The summed E-state index contributed by atoms with van der Waals surface area (Å²) in [5, 5.41) is 1.68. The van der Waals surface area contributed by atoms with Crippen LogP contribution in [0.3, 0.4) is 0 Å². The molecule has 0 aromatic heterocycles. The van der Waals surface area contributed by atoms with Crippen LogP contribution >= 0.6 is 0 Å². The first kappa shape index (κ1) is 14.3. The molecule has 2 aromatic carbocycles. The van der Waals surface area contributed by atoms with Gasteiger partial charge in [0.1, 0.15) is 5.75 Å². The maximum absolute atomic E-state index is 12.1. The molecular weight excluding hydrogens is 270 g/mol. The first-order valence-electron chi connectivity index (χ1n) is 6.21. The summed E-state index contributed by atoms with van der Waals surface area (Å²) in [5.41, 5.74) is 1.01. The molecule has 1 atom stereocenters. The molecule has 0 aliphatic carbocycles. The summed E-state index contributed by atoms with van der Waals surface area (Å²) in [5.74, 6) is 0.819. The average molecular weight is 287 g/mol. The topological polar surface area (TPSA) is 29.5 Å². The molecule has 20 heavy (non-hydrogen) atoms. The summed E-state index contributed by atoms with van der Waals surface area (Å²) in [6.07, 6.45) is 1.81. The fraction of sp³-hybridized carbons (Fsp3) is 0.125. The Bertz CT molecular complexity index is 594. The molecule has 0 aliphatic rings. The number of benzene rings is 2. The Morgan fingerprint density at radius 2 is 1.70 bits per heavy atom. The Hall–Kier alpha value is -2.07. The molecule has 0 aliphatic heterocycles. The lowest BCUT2D eigenvalue weighted by Crippen LogP contribution is -2.08. The lowest BCUT2D eigenvalue weighted by molar-refractivity contribution is 0.415. The van der Waals surface area contributed by atoms with E-state index in [4.69, 9.17) is 4.74 Å². The van der Waals surface area contributed by atoms with Gasteiger partial charge in [-0.2, -0.15) is 0 Å². The first-order valence-corrected chi connectivity index (χ1v) is 7.43. The molecule has 2 rings (SSSR count). The Labute approximate surface area is 122 Å². The third-order valence-electron chi connectivity index (χ3n) is 2.86. The summed E-state index contributed by atoms with van der Waals surface area (Å²) >= 11 is 0. The van der Waals surface area contributed by atoms with E-state index in [1.165, 1.54) is 0 Å². The fourth-order valence-corrected chi connectivity index (χ4v) is 2.56. The second kappa shape index (κ2) is 6.91. The summed E-state index contributed by atoms with van der Waals surface area (Å²) in [6.45, 7) is 0. The second-order valence-corrected chi connectivity index (χ2v) is 5.54. The van der Waals surface area contributed by atoms with Gasteiger partial charge >= 0.3 is 0 Å². The van der Waals surface area contributed by atoms with E-state index in [2.05, 4.69) is 0 Å². The van der Waals surface area contributed by atoms with Crippen LogP contribution in [-0.4, -0.2) is 18.4 Å². The van der Waals surface area contributed by atoms with E-state index in [0.717, 1.165) is 16.3 Å². The zero-order valence-electron chi connectivity index (χ0n) is 11.5. The SMILES string of the molecule is COc1ccc(N(C)/C=C/S(=O)c2ccccc2)cc1. The zero-order valence-corrected chi connectivity index (χ0v) is 12.3. The third kappa shape index (κ3) is 3.71. The summed E-state index contributed by atoms with van der Waals surface area (Å²) in [7, 11) is 2.43. The number of methoxy groups -OCH3 is 1. The van der Waals surface area contributed by atoms with Crippen LogP contribution in [0.25, 0.3) is 0 Å². The lowest BCUT2D eigenvalue weighted by Gasteiger charge is -2.14. The summed E-state index contributed by atoms with van der Waals surface area (Å²) in [6, 6.07) is 17.1. The number of rotatable bonds is 5. The van der Waals surface area contributed by atoms with Crippen molar-refractivity contribution in [2.75, 3.05) is 19.1 Å². The third-order valence-corrected chi connectivity index (χ3v) is 3.97. The predicted octanol–water partition coefficient (Wildman–Crippen LogP) is 3.41.